The van der Waals surface area contributed by atoms with E-state index in [0.29, 0.717) is 17.5 Å². The lowest BCUT2D eigenvalue weighted by molar-refractivity contribution is 0.298. The summed E-state index contributed by atoms with van der Waals surface area (Å²) in [5.74, 6) is 3.09. The Labute approximate surface area is 152 Å². The van der Waals surface area contributed by atoms with Crippen molar-refractivity contribution in [3.05, 3.63) is 40.9 Å². The lowest BCUT2D eigenvalue weighted by Crippen LogP contribution is -2.45. The molecule has 7 nitrogen and oxygen atoms in total. The van der Waals surface area contributed by atoms with Gasteiger partial charge >= 0.3 is 0 Å². The van der Waals surface area contributed by atoms with Crippen molar-refractivity contribution in [1.29, 1.82) is 0 Å². The van der Waals surface area contributed by atoms with Gasteiger partial charge in [-0.05, 0) is 25.0 Å². The van der Waals surface area contributed by atoms with Gasteiger partial charge in [-0.2, -0.15) is 5.10 Å². The van der Waals surface area contributed by atoms with E-state index in [1.54, 1.807) is 13.4 Å². The molecule has 0 unspecified atom stereocenters. The van der Waals surface area contributed by atoms with Crippen molar-refractivity contribution in [2.75, 3.05) is 27.2 Å². The average Bonchev–Trinajstić information content (AvgIpc) is 3.18. The van der Waals surface area contributed by atoms with Crippen LogP contribution in [0.25, 0.3) is 0 Å². The van der Waals surface area contributed by atoms with E-state index in [0.717, 1.165) is 49.0 Å². The Hall–Kier alpha value is -2.28. The highest BCUT2D eigenvalue weighted by Gasteiger charge is 2.24. The number of likely N-dealkylation sites (tertiary alicyclic amines) is 1. The number of aromatic amines is 1. The van der Waals surface area contributed by atoms with Crippen LogP contribution in [0.3, 0.4) is 0 Å². The molecule has 8 heteroatoms. The van der Waals surface area contributed by atoms with Crippen LogP contribution in [0.5, 0.6) is 5.75 Å². The highest BCUT2D eigenvalue weighted by atomic mass is 35.5. The average molecular weight is 363 g/mol. The molecule has 0 saturated carbocycles. The van der Waals surface area contributed by atoms with Gasteiger partial charge in [0.25, 0.3) is 0 Å². The third-order valence-corrected chi connectivity index (χ3v) is 4.75. The molecule has 1 aromatic carbocycles. The summed E-state index contributed by atoms with van der Waals surface area (Å²) in [5, 5.41) is 11.0. The van der Waals surface area contributed by atoms with Crippen molar-refractivity contribution in [3.63, 3.8) is 0 Å². The molecule has 0 aliphatic carbocycles. The molecular weight excluding hydrogens is 340 g/mol. The molecule has 0 radical (unpaired) electrons. The molecular formula is C17H23ClN6O. The first-order chi connectivity index (χ1) is 12.2. The van der Waals surface area contributed by atoms with Gasteiger partial charge in [-0.25, -0.2) is 4.98 Å². The zero-order chi connectivity index (χ0) is 17.6. The van der Waals surface area contributed by atoms with E-state index in [4.69, 9.17) is 16.3 Å². The maximum absolute atomic E-state index is 6.02. The number of benzene rings is 1. The van der Waals surface area contributed by atoms with E-state index in [1.807, 2.05) is 25.2 Å². The number of methoxy groups -OCH3 is 1. The summed E-state index contributed by atoms with van der Waals surface area (Å²) >= 11 is 6.02. The third kappa shape index (κ3) is 4.22. The van der Waals surface area contributed by atoms with Crippen LogP contribution >= 0.6 is 11.6 Å². The first kappa shape index (κ1) is 17.5. The van der Waals surface area contributed by atoms with Crippen molar-refractivity contribution < 1.29 is 4.74 Å². The second-order valence-corrected chi connectivity index (χ2v) is 6.43. The predicted molar refractivity (Wildman–Crippen MR) is 98.1 cm³/mol. The molecule has 0 atom stereocenters. The van der Waals surface area contributed by atoms with Crippen LogP contribution in [0.1, 0.15) is 30.1 Å². The number of halogens is 1. The maximum atomic E-state index is 6.02. The van der Waals surface area contributed by atoms with Gasteiger partial charge in [0.2, 0.25) is 0 Å². The number of aromatic nitrogens is 3. The number of piperidine rings is 1. The monoisotopic (exact) mass is 362 g/mol. The van der Waals surface area contributed by atoms with Crippen LogP contribution in [0.15, 0.2) is 29.5 Å². The van der Waals surface area contributed by atoms with Gasteiger partial charge in [-0.1, -0.05) is 17.7 Å². The first-order valence-electron chi connectivity index (χ1n) is 8.34. The number of nitrogens with zero attached hydrogens (tertiary/aromatic N) is 4. The van der Waals surface area contributed by atoms with Gasteiger partial charge in [0.05, 0.1) is 7.11 Å². The van der Waals surface area contributed by atoms with Crippen LogP contribution < -0.4 is 10.1 Å². The Morgan fingerprint density at radius 3 is 2.88 bits per heavy atom. The summed E-state index contributed by atoms with van der Waals surface area (Å²) in [6.07, 6.45) is 3.63. The van der Waals surface area contributed by atoms with Crippen molar-refractivity contribution in [1.82, 2.24) is 25.4 Å². The van der Waals surface area contributed by atoms with E-state index < -0.39 is 0 Å². The fourth-order valence-corrected chi connectivity index (χ4v) is 3.31. The standard InChI is InChI=1S/C17H23ClN6O/c1-19-17(20-10-13-3-4-14(18)9-15(13)25-2)24-7-5-12(6-8-24)16-21-11-22-23-16/h3-4,9,11-12H,5-8,10H2,1-2H3,(H,19,20)(H,21,22,23). The largest absolute Gasteiger partial charge is 0.496 e. The van der Waals surface area contributed by atoms with Crippen molar-refractivity contribution in [2.24, 2.45) is 4.99 Å². The molecule has 1 aromatic heterocycles. The number of ether oxygens (including phenoxy) is 1. The fourth-order valence-electron chi connectivity index (χ4n) is 3.15. The molecule has 3 rings (SSSR count). The zero-order valence-electron chi connectivity index (χ0n) is 14.5. The predicted octanol–water partition coefficient (Wildman–Crippen LogP) is 2.42. The molecule has 2 N–H and O–H groups in total. The Balaban J connectivity index is 1.57. The highest BCUT2D eigenvalue weighted by molar-refractivity contribution is 6.30. The minimum atomic E-state index is 0.438. The number of guanidine groups is 1. The normalized spacial score (nSPS) is 16.1. The second-order valence-electron chi connectivity index (χ2n) is 5.99. The van der Waals surface area contributed by atoms with Gasteiger partial charge in [0.1, 0.15) is 17.9 Å². The van der Waals surface area contributed by atoms with Gasteiger partial charge in [0, 0.05) is 43.2 Å². The molecule has 0 spiro atoms. The Morgan fingerprint density at radius 1 is 1.44 bits per heavy atom. The van der Waals surface area contributed by atoms with E-state index in [1.165, 1.54) is 0 Å². The molecule has 2 aromatic rings. The summed E-state index contributed by atoms with van der Waals surface area (Å²) in [5.41, 5.74) is 1.05. The minimum Gasteiger partial charge on any atom is -0.496 e. The molecule has 1 fully saturated rings. The first-order valence-corrected chi connectivity index (χ1v) is 8.72. The number of nitrogens with one attached hydrogen (secondary N) is 2. The molecule has 1 aliphatic rings. The van der Waals surface area contributed by atoms with Gasteiger partial charge in [0.15, 0.2) is 5.96 Å². The summed E-state index contributed by atoms with van der Waals surface area (Å²) in [4.78, 5) is 11.0. The molecule has 0 bridgehead atoms. The molecule has 1 aliphatic heterocycles. The van der Waals surface area contributed by atoms with Crippen molar-refractivity contribution in [3.8, 4) is 5.75 Å². The van der Waals surface area contributed by atoms with E-state index in [9.17, 15) is 0 Å². The smallest absolute Gasteiger partial charge is 0.193 e. The lowest BCUT2D eigenvalue weighted by Gasteiger charge is -2.33. The zero-order valence-corrected chi connectivity index (χ0v) is 15.3. The molecule has 134 valence electrons. The topological polar surface area (TPSA) is 78.4 Å². The van der Waals surface area contributed by atoms with Crippen LogP contribution in [-0.2, 0) is 6.54 Å². The minimum absolute atomic E-state index is 0.438. The lowest BCUT2D eigenvalue weighted by atomic mass is 9.96. The molecule has 2 heterocycles. The molecule has 25 heavy (non-hydrogen) atoms. The Morgan fingerprint density at radius 2 is 2.24 bits per heavy atom. The summed E-state index contributed by atoms with van der Waals surface area (Å²) < 4.78 is 5.40. The number of rotatable bonds is 4. The van der Waals surface area contributed by atoms with Gasteiger partial charge in [-0.15, -0.1) is 0 Å². The number of aliphatic imine (C=N–C) groups is 1. The van der Waals surface area contributed by atoms with Crippen LogP contribution in [0.2, 0.25) is 5.02 Å². The molecule has 1 saturated heterocycles. The number of H-pyrrole nitrogens is 1. The summed E-state index contributed by atoms with van der Waals surface area (Å²) in [6, 6.07) is 5.66. The van der Waals surface area contributed by atoms with E-state index in [2.05, 4.69) is 30.4 Å². The Bertz CT molecular complexity index is 710. The van der Waals surface area contributed by atoms with Crippen molar-refractivity contribution in [2.45, 2.75) is 25.3 Å². The number of hydrogen-bond donors (Lipinski definition) is 2. The quantitative estimate of drug-likeness (QED) is 0.645. The van der Waals surface area contributed by atoms with E-state index >= 15 is 0 Å². The van der Waals surface area contributed by atoms with Gasteiger partial charge in [-0.3, -0.25) is 10.1 Å². The second kappa shape index (κ2) is 8.20. The van der Waals surface area contributed by atoms with Crippen LogP contribution in [-0.4, -0.2) is 53.3 Å². The third-order valence-electron chi connectivity index (χ3n) is 4.51. The van der Waals surface area contributed by atoms with Crippen molar-refractivity contribution >= 4 is 17.6 Å². The van der Waals surface area contributed by atoms with Gasteiger partial charge < -0.3 is 15.0 Å². The summed E-state index contributed by atoms with van der Waals surface area (Å²) in [7, 11) is 3.46. The highest BCUT2D eigenvalue weighted by Crippen LogP contribution is 2.25. The number of hydrogen-bond acceptors (Lipinski definition) is 4. The Kier molecular flexibility index (Phi) is 5.75. The fraction of sp³-hybridized carbons (Fsp3) is 0.471. The maximum Gasteiger partial charge on any atom is 0.193 e. The molecule has 0 amide bonds. The van der Waals surface area contributed by atoms with E-state index in [-0.39, 0.29) is 0 Å². The SMILES string of the molecule is CN=C(NCc1ccc(Cl)cc1OC)N1CCC(c2ncn[nH]2)CC1. The summed E-state index contributed by atoms with van der Waals surface area (Å²) in [6.45, 7) is 2.50. The van der Waals surface area contributed by atoms with Crippen LogP contribution in [0.4, 0.5) is 0 Å². The van der Waals surface area contributed by atoms with Crippen LogP contribution in [0, 0.1) is 0 Å².